The van der Waals surface area contributed by atoms with Crippen LogP contribution in [0.2, 0.25) is 0 Å². The van der Waals surface area contributed by atoms with Crippen molar-refractivity contribution in [2.45, 2.75) is 11.4 Å². The highest BCUT2D eigenvalue weighted by Gasteiger charge is 2.24. The molecule has 0 fully saturated rings. The van der Waals surface area contributed by atoms with E-state index in [1.54, 1.807) is 36.3 Å². The fourth-order valence-electron chi connectivity index (χ4n) is 1.78. The minimum Gasteiger partial charge on any atom is -0.399 e. The number of sulfonamides is 1. The number of hydrogen-bond acceptors (Lipinski definition) is 4. The Morgan fingerprint density at radius 2 is 2.15 bits per heavy atom. The summed E-state index contributed by atoms with van der Waals surface area (Å²) in [5, 5.41) is 4.02. The Balaban J connectivity index is 2.32. The molecule has 0 bridgehead atoms. The number of nitrogens with zero attached hydrogens (tertiary/aromatic N) is 3. The van der Waals surface area contributed by atoms with E-state index in [2.05, 4.69) is 21.0 Å². The van der Waals surface area contributed by atoms with E-state index in [-0.39, 0.29) is 11.4 Å². The summed E-state index contributed by atoms with van der Waals surface area (Å²) < 4.78 is 28.4. The zero-order valence-electron chi connectivity index (χ0n) is 11.1. The molecule has 8 heteroatoms. The summed E-state index contributed by atoms with van der Waals surface area (Å²) >= 11 is 3.25. The highest BCUT2D eigenvalue weighted by Crippen LogP contribution is 2.27. The number of rotatable bonds is 4. The van der Waals surface area contributed by atoms with Gasteiger partial charge >= 0.3 is 0 Å². The second-order valence-electron chi connectivity index (χ2n) is 4.47. The molecule has 1 heterocycles. The van der Waals surface area contributed by atoms with Crippen molar-refractivity contribution in [2.75, 3.05) is 12.8 Å². The molecule has 0 amide bonds. The van der Waals surface area contributed by atoms with E-state index in [1.807, 2.05) is 0 Å². The second kappa shape index (κ2) is 5.55. The van der Waals surface area contributed by atoms with E-state index < -0.39 is 10.0 Å². The lowest BCUT2D eigenvalue weighted by molar-refractivity contribution is 0.466. The first-order chi connectivity index (χ1) is 9.30. The molecule has 1 aromatic heterocycles. The molecule has 2 rings (SSSR count). The maximum Gasteiger partial charge on any atom is 0.244 e. The van der Waals surface area contributed by atoms with Gasteiger partial charge in [0.1, 0.15) is 0 Å². The van der Waals surface area contributed by atoms with E-state index in [0.29, 0.717) is 10.2 Å². The Morgan fingerprint density at radius 1 is 1.45 bits per heavy atom. The zero-order valence-corrected chi connectivity index (χ0v) is 13.5. The first kappa shape index (κ1) is 15.0. The quantitative estimate of drug-likeness (QED) is 0.841. The van der Waals surface area contributed by atoms with Crippen LogP contribution in [0.5, 0.6) is 0 Å². The van der Waals surface area contributed by atoms with Crippen LogP contribution in [0.4, 0.5) is 5.69 Å². The van der Waals surface area contributed by atoms with Crippen LogP contribution in [0.15, 0.2) is 40.0 Å². The summed E-state index contributed by atoms with van der Waals surface area (Å²) in [7, 11) is -0.302. The van der Waals surface area contributed by atoms with Gasteiger partial charge in [0.05, 0.1) is 11.1 Å². The van der Waals surface area contributed by atoms with Crippen LogP contribution in [0.25, 0.3) is 0 Å². The van der Waals surface area contributed by atoms with Gasteiger partial charge in [0.25, 0.3) is 0 Å². The summed E-state index contributed by atoms with van der Waals surface area (Å²) in [5.41, 5.74) is 6.89. The Bertz CT molecular complexity index is 727. The van der Waals surface area contributed by atoms with Crippen molar-refractivity contribution in [2.24, 2.45) is 7.05 Å². The minimum atomic E-state index is -3.61. The van der Waals surface area contributed by atoms with Crippen LogP contribution in [0, 0.1) is 0 Å². The van der Waals surface area contributed by atoms with Crippen molar-refractivity contribution in [1.29, 1.82) is 0 Å². The molecule has 6 nitrogen and oxygen atoms in total. The summed E-state index contributed by atoms with van der Waals surface area (Å²) in [5.74, 6) is 0. The summed E-state index contributed by atoms with van der Waals surface area (Å²) in [6, 6.07) is 4.71. The Hall–Kier alpha value is -1.38. The molecule has 0 atom stereocenters. The SMILES string of the molecule is CN(Cc1cnn(C)c1)S(=O)(=O)c1cc(N)ccc1Br. The van der Waals surface area contributed by atoms with Crippen molar-refractivity contribution in [1.82, 2.24) is 14.1 Å². The normalized spacial score (nSPS) is 12.0. The predicted octanol–water partition coefficient (Wildman–Crippen LogP) is 1.59. The third kappa shape index (κ3) is 3.02. The van der Waals surface area contributed by atoms with E-state index in [0.717, 1.165) is 5.56 Å². The maximum atomic E-state index is 12.5. The smallest absolute Gasteiger partial charge is 0.244 e. The molecule has 1 aromatic carbocycles. The molecule has 0 aliphatic rings. The van der Waals surface area contributed by atoms with E-state index >= 15 is 0 Å². The molecule has 108 valence electrons. The van der Waals surface area contributed by atoms with Gasteiger partial charge in [-0.1, -0.05) is 0 Å². The molecule has 0 saturated heterocycles. The van der Waals surface area contributed by atoms with Crippen molar-refractivity contribution < 1.29 is 8.42 Å². The van der Waals surface area contributed by atoms with Crippen LogP contribution in [0.1, 0.15) is 5.56 Å². The largest absolute Gasteiger partial charge is 0.399 e. The number of hydrogen-bond donors (Lipinski definition) is 1. The molecular formula is C12H15BrN4O2S. The number of benzene rings is 1. The van der Waals surface area contributed by atoms with Crippen molar-refractivity contribution in [3.05, 3.63) is 40.6 Å². The summed E-state index contributed by atoms with van der Waals surface area (Å²) in [6.45, 7) is 0.247. The van der Waals surface area contributed by atoms with Crippen LogP contribution >= 0.6 is 15.9 Å². The molecule has 0 radical (unpaired) electrons. The number of nitrogens with two attached hydrogens (primary N) is 1. The van der Waals surface area contributed by atoms with E-state index in [9.17, 15) is 8.42 Å². The van der Waals surface area contributed by atoms with E-state index in [1.165, 1.54) is 17.4 Å². The topological polar surface area (TPSA) is 81.2 Å². The monoisotopic (exact) mass is 358 g/mol. The molecular weight excluding hydrogens is 344 g/mol. The minimum absolute atomic E-state index is 0.156. The average Bonchev–Trinajstić information content (AvgIpc) is 2.77. The lowest BCUT2D eigenvalue weighted by atomic mass is 10.3. The molecule has 0 saturated carbocycles. The van der Waals surface area contributed by atoms with Crippen LogP contribution in [-0.2, 0) is 23.6 Å². The molecule has 0 spiro atoms. The molecule has 20 heavy (non-hydrogen) atoms. The fourth-order valence-corrected chi connectivity index (χ4v) is 3.90. The number of nitrogen functional groups attached to an aromatic ring is 1. The maximum absolute atomic E-state index is 12.5. The molecule has 0 aliphatic carbocycles. The zero-order chi connectivity index (χ0) is 14.9. The highest BCUT2D eigenvalue weighted by molar-refractivity contribution is 9.10. The molecule has 2 aromatic rings. The average molecular weight is 359 g/mol. The molecule has 0 unspecified atom stereocenters. The Morgan fingerprint density at radius 3 is 2.75 bits per heavy atom. The first-order valence-corrected chi connectivity index (χ1v) is 8.03. The van der Waals surface area contributed by atoms with Gasteiger partial charge in [-0.3, -0.25) is 4.68 Å². The van der Waals surface area contributed by atoms with E-state index in [4.69, 9.17) is 5.73 Å². The Kier molecular flexibility index (Phi) is 4.17. The summed E-state index contributed by atoms with van der Waals surface area (Å²) in [6.07, 6.45) is 3.42. The van der Waals surface area contributed by atoms with Gasteiger partial charge in [-0.25, -0.2) is 8.42 Å². The number of aromatic nitrogens is 2. The van der Waals surface area contributed by atoms with Crippen LogP contribution in [-0.4, -0.2) is 29.6 Å². The molecule has 0 aliphatic heterocycles. The van der Waals surface area contributed by atoms with Crippen molar-refractivity contribution >= 4 is 31.6 Å². The third-order valence-electron chi connectivity index (χ3n) is 2.81. The fraction of sp³-hybridized carbons (Fsp3) is 0.250. The number of aryl methyl sites for hydroxylation is 1. The molecule has 2 N–H and O–H groups in total. The Labute approximate surface area is 126 Å². The van der Waals surface area contributed by atoms with Gasteiger partial charge in [0, 0.05) is 42.6 Å². The third-order valence-corrected chi connectivity index (χ3v) is 5.60. The number of halogens is 1. The van der Waals surface area contributed by atoms with Gasteiger partial charge in [0.2, 0.25) is 10.0 Å². The van der Waals surface area contributed by atoms with Crippen LogP contribution < -0.4 is 5.73 Å². The van der Waals surface area contributed by atoms with Gasteiger partial charge in [-0.2, -0.15) is 9.40 Å². The van der Waals surface area contributed by atoms with Crippen molar-refractivity contribution in [3.63, 3.8) is 0 Å². The standard InChI is InChI=1S/C12H15BrN4O2S/c1-16-7-9(6-15-16)8-17(2)20(18,19)12-5-10(14)3-4-11(12)13/h3-7H,8,14H2,1-2H3. The van der Waals surface area contributed by atoms with Gasteiger partial charge in [0.15, 0.2) is 0 Å². The summed E-state index contributed by atoms with van der Waals surface area (Å²) in [4.78, 5) is 0.156. The van der Waals surface area contributed by atoms with Gasteiger partial charge in [-0.05, 0) is 34.1 Å². The van der Waals surface area contributed by atoms with Crippen LogP contribution in [0.3, 0.4) is 0 Å². The highest BCUT2D eigenvalue weighted by atomic mass is 79.9. The van der Waals surface area contributed by atoms with Crippen molar-refractivity contribution in [3.8, 4) is 0 Å². The van der Waals surface area contributed by atoms with Gasteiger partial charge < -0.3 is 5.73 Å². The second-order valence-corrected chi connectivity index (χ2v) is 7.34. The lowest BCUT2D eigenvalue weighted by Crippen LogP contribution is -2.26. The lowest BCUT2D eigenvalue weighted by Gasteiger charge is -2.17. The van der Waals surface area contributed by atoms with Gasteiger partial charge in [-0.15, -0.1) is 0 Å². The number of anilines is 1. The first-order valence-electron chi connectivity index (χ1n) is 5.79. The predicted molar refractivity (Wildman–Crippen MR) is 80.4 cm³/mol.